The molecule has 2 bridgehead atoms. The Hall–Kier alpha value is -1.34. The van der Waals surface area contributed by atoms with Crippen LogP contribution in [-0.2, 0) is 9.53 Å². The van der Waals surface area contributed by atoms with E-state index in [1.807, 2.05) is 0 Å². The molecule has 0 aromatic carbocycles. The van der Waals surface area contributed by atoms with Gasteiger partial charge >= 0.3 is 6.09 Å². The van der Waals surface area contributed by atoms with E-state index in [4.69, 9.17) is 9.84 Å². The first-order valence-electron chi connectivity index (χ1n) is 6.03. The van der Waals surface area contributed by atoms with Crippen LogP contribution in [0.3, 0.4) is 0 Å². The van der Waals surface area contributed by atoms with Crippen LogP contribution in [0.4, 0.5) is 4.79 Å². The summed E-state index contributed by atoms with van der Waals surface area (Å²) < 4.78 is 5.40. The molecule has 0 aliphatic carbocycles. The number of carboxylic acid groups (broad SMARTS) is 1. The molecule has 2 atom stereocenters. The Morgan fingerprint density at radius 2 is 1.89 bits per heavy atom. The van der Waals surface area contributed by atoms with Crippen molar-refractivity contribution in [2.24, 2.45) is 0 Å². The van der Waals surface area contributed by atoms with E-state index in [-0.39, 0.29) is 18.0 Å². The predicted octanol–water partition coefficient (Wildman–Crippen LogP) is -0.768. The minimum Gasteiger partial charge on any atom is -0.465 e. The number of morpholine rings is 1. The topological polar surface area (TPSA) is 90.9 Å². The zero-order valence-corrected chi connectivity index (χ0v) is 10.6. The molecule has 18 heavy (non-hydrogen) atoms. The monoisotopic (exact) mass is 257 g/mol. The van der Waals surface area contributed by atoms with Crippen LogP contribution >= 0.6 is 0 Å². The van der Waals surface area contributed by atoms with Gasteiger partial charge in [0, 0.05) is 25.2 Å². The van der Waals surface area contributed by atoms with Crippen LogP contribution in [-0.4, -0.2) is 65.9 Å². The molecule has 3 N–H and O–H groups in total. The lowest BCUT2D eigenvalue weighted by molar-refractivity contribution is -0.141. The van der Waals surface area contributed by atoms with Gasteiger partial charge in [0.25, 0.3) is 0 Å². The van der Waals surface area contributed by atoms with Crippen LogP contribution < -0.4 is 10.6 Å². The number of piperazine rings is 1. The Kier molecular flexibility index (Phi) is 3.45. The van der Waals surface area contributed by atoms with Gasteiger partial charge in [-0.15, -0.1) is 0 Å². The summed E-state index contributed by atoms with van der Waals surface area (Å²) in [6.07, 6.45) is -1.19. The largest absolute Gasteiger partial charge is 0.465 e. The Morgan fingerprint density at radius 1 is 1.33 bits per heavy atom. The zero-order chi connectivity index (χ0) is 13.3. The van der Waals surface area contributed by atoms with Crippen molar-refractivity contribution in [2.45, 2.75) is 31.5 Å². The molecule has 2 amide bonds. The Morgan fingerprint density at radius 3 is 2.39 bits per heavy atom. The van der Waals surface area contributed by atoms with Crippen LogP contribution in [0.15, 0.2) is 0 Å². The van der Waals surface area contributed by atoms with E-state index in [9.17, 15) is 9.59 Å². The van der Waals surface area contributed by atoms with E-state index in [1.165, 1.54) is 0 Å². The highest BCUT2D eigenvalue weighted by atomic mass is 16.5. The van der Waals surface area contributed by atoms with Gasteiger partial charge in [-0.1, -0.05) is 0 Å². The van der Waals surface area contributed by atoms with Crippen molar-refractivity contribution < 1.29 is 19.4 Å². The normalized spacial score (nSPS) is 27.8. The average Bonchev–Trinajstić information content (AvgIpc) is 2.25. The number of carbonyl (C=O) groups excluding carboxylic acids is 1. The maximum absolute atomic E-state index is 12.3. The molecular weight excluding hydrogens is 238 g/mol. The van der Waals surface area contributed by atoms with Gasteiger partial charge in [-0.2, -0.15) is 0 Å². The summed E-state index contributed by atoms with van der Waals surface area (Å²) in [6, 6.07) is 0.282. The molecule has 2 aliphatic heterocycles. The lowest BCUT2D eigenvalue weighted by Gasteiger charge is -2.44. The molecule has 0 aromatic rings. The van der Waals surface area contributed by atoms with E-state index in [0.29, 0.717) is 26.3 Å². The van der Waals surface area contributed by atoms with Crippen molar-refractivity contribution >= 4 is 12.0 Å². The average molecular weight is 257 g/mol. The van der Waals surface area contributed by atoms with Crippen LogP contribution in [0, 0.1) is 0 Å². The quantitative estimate of drug-likeness (QED) is 0.604. The number of carbonyl (C=O) groups is 2. The smallest absolute Gasteiger partial charge is 0.405 e. The molecule has 2 unspecified atom stereocenters. The highest BCUT2D eigenvalue weighted by Gasteiger charge is 2.39. The molecule has 2 saturated heterocycles. The maximum Gasteiger partial charge on any atom is 0.405 e. The molecule has 7 nitrogen and oxygen atoms in total. The molecule has 7 heteroatoms. The van der Waals surface area contributed by atoms with Gasteiger partial charge in [0.1, 0.15) is 5.54 Å². The van der Waals surface area contributed by atoms with Crippen molar-refractivity contribution in [3.63, 3.8) is 0 Å². The van der Waals surface area contributed by atoms with Gasteiger partial charge in [0.05, 0.1) is 13.2 Å². The Balaban J connectivity index is 2.02. The summed E-state index contributed by atoms with van der Waals surface area (Å²) >= 11 is 0. The molecular formula is C11H19N3O4. The van der Waals surface area contributed by atoms with E-state index in [1.54, 1.807) is 18.7 Å². The lowest BCUT2D eigenvalue weighted by Crippen LogP contribution is -2.67. The second-order valence-corrected chi connectivity index (χ2v) is 5.36. The molecule has 0 spiro atoms. The maximum atomic E-state index is 12.3. The van der Waals surface area contributed by atoms with Gasteiger partial charge in [-0.25, -0.2) is 4.79 Å². The van der Waals surface area contributed by atoms with Crippen LogP contribution in [0.25, 0.3) is 0 Å². The zero-order valence-electron chi connectivity index (χ0n) is 10.6. The SMILES string of the molecule is CC(C)(NC(=O)O)C(=O)N1CC2COCC(C1)N2. The lowest BCUT2D eigenvalue weighted by atomic mass is 10.0. The molecule has 0 saturated carbocycles. The van der Waals surface area contributed by atoms with E-state index in [0.717, 1.165) is 0 Å². The van der Waals surface area contributed by atoms with Crippen molar-refractivity contribution in [1.82, 2.24) is 15.5 Å². The van der Waals surface area contributed by atoms with Crippen molar-refractivity contribution in [1.29, 1.82) is 0 Å². The second kappa shape index (κ2) is 4.74. The van der Waals surface area contributed by atoms with Crippen molar-refractivity contribution in [3.05, 3.63) is 0 Å². The molecule has 2 aliphatic rings. The summed E-state index contributed by atoms with van der Waals surface area (Å²) in [7, 11) is 0. The third-order valence-electron chi connectivity index (χ3n) is 3.23. The van der Waals surface area contributed by atoms with Gasteiger partial charge < -0.3 is 25.4 Å². The Bertz CT molecular complexity index is 346. The molecule has 2 heterocycles. The number of nitrogens with zero attached hydrogens (tertiary/aromatic N) is 1. The van der Waals surface area contributed by atoms with E-state index >= 15 is 0 Å². The first-order chi connectivity index (χ1) is 8.38. The van der Waals surface area contributed by atoms with Gasteiger partial charge in [0.2, 0.25) is 5.91 Å². The fraction of sp³-hybridized carbons (Fsp3) is 0.818. The minimum atomic E-state index is -1.19. The van der Waals surface area contributed by atoms with Crippen molar-refractivity contribution in [2.75, 3.05) is 26.3 Å². The third-order valence-corrected chi connectivity index (χ3v) is 3.23. The summed E-state index contributed by atoms with van der Waals surface area (Å²) in [5.41, 5.74) is -1.10. The second-order valence-electron chi connectivity index (χ2n) is 5.36. The summed E-state index contributed by atoms with van der Waals surface area (Å²) in [5.74, 6) is -0.191. The van der Waals surface area contributed by atoms with E-state index < -0.39 is 11.6 Å². The number of ether oxygens (including phenoxy) is 1. The highest BCUT2D eigenvalue weighted by molar-refractivity contribution is 5.89. The standard InChI is InChI=1S/C11H19N3O4/c1-11(2,13-10(16)17)9(15)14-3-7-5-18-6-8(4-14)12-7/h7-8,12-13H,3-6H2,1-2H3,(H,16,17). The molecule has 2 rings (SSSR count). The Labute approximate surface area is 105 Å². The summed E-state index contributed by atoms with van der Waals surface area (Å²) in [6.45, 7) is 5.45. The predicted molar refractivity (Wildman–Crippen MR) is 63.4 cm³/mol. The highest BCUT2D eigenvalue weighted by Crippen LogP contribution is 2.15. The summed E-state index contributed by atoms with van der Waals surface area (Å²) in [4.78, 5) is 24.7. The first-order valence-corrected chi connectivity index (χ1v) is 6.03. The molecule has 0 aromatic heterocycles. The fourth-order valence-corrected chi connectivity index (χ4v) is 2.48. The summed E-state index contributed by atoms with van der Waals surface area (Å²) in [5, 5.41) is 14.4. The number of amides is 2. The number of rotatable bonds is 2. The minimum absolute atomic E-state index is 0.141. The molecule has 102 valence electrons. The van der Waals surface area contributed by atoms with Crippen LogP contribution in [0.1, 0.15) is 13.8 Å². The molecule has 2 fully saturated rings. The molecule has 0 radical (unpaired) electrons. The fourth-order valence-electron chi connectivity index (χ4n) is 2.48. The van der Waals surface area contributed by atoms with E-state index in [2.05, 4.69) is 10.6 Å². The van der Waals surface area contributed by atoms with Crippen LogP contribution in [0.2, 0.25) is 0 Å². The van der Waals surface area contributed by atoms with Gasteiger partial charge in [0.15, 0.2) is 0 Å². The number of hydrogen-bond donors (Lipinski definition) is 3. The number of fused-ring (bicyclic) bond motifs is 2. The van der Waals surface area contributed by atoms with Gasteiger partial charge in [-0.05, 0) is 13.8 Å². The van der Waals surface area contributed by atoms with Gasteiger partial charge in [-0.3, -0.25) is 4.79 Å². The van der Waals surface area contributed by atoms with Crippen molar-refractivity contribution in [3.8, 4) is 0 Å². The third kappa shape index (κ3) is 2.73. The van der Waals surface area contributed by atoms with Crippen LogP contribution in [0.5, 0.6) is 0 Å². The first kappa shape index (κ1) is 13.1. The number of nitrogens with one attached hydrogen (secondary N) is 2. The number of hydrogen-bond acceptors (Lipinski definition) is 4.